The summed E-state index contributed by atoms with van der Waals surface area (Å²) in [4.78, 5) is 18.4. The molecule has 0 saturated heterocycles. The van der Waals surface area contributed by atoms with E-state index in [1.54, 1.807) is 24.3 Å². The van der Waals surface area contributed by atoms with Gasteiger partial charge in [-0.15, -0.1) is 0 Å². The van der Waals surface area contributed by atoms with E-state index in [0.29, 0.717) is 5.19 Å². The average Bonchev–Trinajstić information content (AvgIpc) is 1.88. The summed E-state index contributed by atoms with van der Waals surface area (Å²) in [6.45, 7) is 1.47. The highest BCUT2D eigenvalue weighted by atomic mass is 28.4. The fourth-order valence-corrected chi connectivity index (χ4v) is 1.58. The van der Waals surface area contributed by atoms with E-state index in [1.807, 2.05) is 6.07 Å². The van der Waals surface area contributed by atoms with E-state index >= 15 is 0 Å². The average molecular weight is 186 g/mol. The van der Waals surface area contributed by atoms with E-state index in [4.69, 9.17) is 0 Å². The minimum Gasteiger partial charge on any atom is -0.408 e. The zero-order valence-electron chi connectivity index (χ0n) is 5.78. The molecule has 0 aliphatic heterocycles. The molecule has 3 heteroatoms. The smallest absolute Gasteiger partial charge is 0.363 e. The Labute approximate surface area is 75.8 Å². The molecule has 0 spiro atoms. The largest absolute Gasteiger partial charge is 0.408 e. The van der Waals surface area contributed by atoms with Gasteiger partial charge >= 0.3 is 8.56 Å². The quantitative estimate of drug-likeness (QED) is 0.648. The van der Waals surface area contributed by atoms with Crippen LogP contribution in [0.2, 0.25) is 6.55 Å². The van der Waals surface area contributed by atoms with Gasteiger partial charge in [0.2, 0.25) is 0 Å². The maximum Gasteiger partial charge on any atom is 0.363 e. The van der Waals surface area contributed by atoms with Crippen molar-refractivity contribution in [3.63, 3.8) is 0 Å². The molecular formula is C9H18O2Si. The Morgan fingerprint density at radius 3 is 1.67 bits per heavy atom. The topological polar surface area (TPSA) is 40.5 Å². The second-order valence-electron chi connectivity index (χ2n) is 2.39. The molecule has 0 radical (unpaired) electrons. The first-order chi connectivity index (χ1) is 4.61. The van der Waals surface area contributed by atoms with Gasteiger partial charge in [0.15, 0.2) is 0 Å². The van der Waals surface area contributed by atoms with Crippen LogP contribution in [0, 0.1) is 0 Å². The predicted molar refractivity (Wildman–Crippen MR) is 55.6 cm³/mol. The van der Waals surface area contributed by atoms with Crippen LogP contribution in [0.25, 0.3) is 0 Å². The molecule has 1 aromatic rings. The third-order valence-electron chi connectivity index (χ3n) is 1.32. The van der Waals surface area contributed by atoms with Crippen molar-refractivity contribution in [3.8, 4) is 0 Å². The van der Waals surface area contributed by atoms with Crippen LogP contribution in [0.5, 0.6) is 0 Å². The fourth-order valence-electron chi connectivity index (χ4n) is 0.754. The third kappa shape index (κ3) is 3.66. The maximum absolute atomic E-state index is 9.18. The Kier molecular flexibility index (Phi) is 5.89. The Hall–Kier alpha value is -0.643. The molecule has 2 nitrogen and oxygen atoms in total. The van der Waals surface area contributed by atoms with Crippen molar-refractivity contribution in [3.05, 3.63) is 30.3 Å². The van der Waals surface area contributed by atoms with Crippen LogP contribution in [-0.4, -0.2) is 18.2 Å². The highest BCUT2D eigenvalue weighted by molar-refractivity contribution is 6.77. The second-order valence-corrected chi connectivity index (χ2v) is 5.01. The summed E-state index contributed by atoms with van der Waals surface area (Å²) < 4.78 is 0. The van der Waals surface area contributed by atoms with Crippen LogP contribution in [-0.2, 0) is 0 Å². The van der Waals surface area contributed by atoms with E-state index in [1.165, 1.54) is 6.55 Å². The summed E-state index contributed by atoms with van der Waals surface area (Å²) in [5.74, 6) is 0. The fraction of sp³-hybridized carbons (Fsp3) is 0.333. The predicted octanol–water partition coefficient (Wildman–Crippen LogP) is 1.22. The normalized spacial score (nSPS) is 9.58. The van der Waals surface area contributed by atoms with Gasteiger partial charge < -0.3 is 9.59 Å². The van der Waals surface area contributed by atoms with Gasteiger partial charge in [-0.2, -0.15) is 0 Å². The molecule has 0 bridgehead atoms. The van der Waals surface area contributed by atoms with Crippen LogP contribution in [0.4, 0.5) is 0 Å². The van der Waals surface area contributed by atoms with E-state index in [-0.39, 0.29) is 14.9 Å². The Balaban J connectivity index is 0. The van der Waals surface area contributed by atoms with Gasteiger partial charge in [-0.05, 0) is 11.7 Å². The molecule has 0 saturated carbocycles. The van der Waals surface area contributed by atoms with Crippen LogP contribution >= 0.6 is 0 Å². The van der Waals surface area contributed by atoms with Crippen LogP contribution in [0.3, 0.4) is 0 Å². The number of rotatable bonds is 1. The number of hydrogen-bond donors (Lipinski definition) is 2. The molecule has 12 heavy (non-hydrogen) atoms. The third-order valence-corrected chi connectivity index (χ3v) is 2.75. The van der Waals surface area contributed by atoms with Gasteiger partial charge in [-0.3, -0.25) is 0 Å². The highest BCUT2D eigenvalue weighted by Crippen LogP contribution is 1.92. The van der Waals surface area contributed by atoms with Gasteiger partial charge in [0, 0.05) is 0 Å². The molecule has 0 atom stereocenters. The van der Waals surface area contributed by atoms with Crippen molar-refractivity contribution >= 4 is 13.7 Å². The van der Waals surface area contributed by atoms with Crippen molar-refractivity contribution in [2.75, 3.05) is 0 Å². The molecule has 1 aromatic carbocycles. The SMILES string of the molecule is C.C.C[Si](O)(O)c1ccccc1. The molecule has 0 fully saturated rings. The van der Waals surface area contributed by atoms with Crippen molar-refractivity contribution in [1.29, 1.82) is 0 Å². The molecule has 70 valence electrons. The molecule has 0 aliphatic rings. The van der Waals surface area contributed by atoms with E-state index in [0.717, 1.165) is 0 Å². The van der Waals surface area contributed by atoms with Gasteiger partial charge in [0.1, 0.15) is 0 Å². The van der Waals surface area contributed by atoms with E-state index < -0.39 is 8.56 Å². The summed E-state index contributed by atoms with van der Waals surface area (Å²) in [7, 11) is -3.03. The van der Waals surface area contributed by atoms with Gasteiger partial charge in [-0.1, -0.05) is 45.2 Å². The summed E-state index contributed by atoms with van der Waals surface area (Å²) >= 11 is 0. The number of hydrogen-bond acceptors (Lipinski definition) is 2. The molecule has 0 heterocycles. The van der Waals surface area contributed by atoms with Crippen molar-refractivity contribution < 1.29 is 9.59 Å². The van der Waals surface area contributed by atoms with Gasteiger partial charge in [0.05, 0.1) is 0 Å². The first kappa shape index (κ1) is 13.9. The van der Waals surface area contributed by atoms with Crippen LogP contribution < -0.4 is 5.19 Å². The zero-order valence-corrected chi connectivity index (χ0v) is 6.78. The van der Waals surface area contributed by atoms with Crippen molar-refractivity contribution in [2.45, 2.75) is 21.4 Å². The molecule has 0 amide bonds. The van der Waals surface area contributed by atoms with Crippen LogP contribution in [0.15, 0.2) is 30.3 Å². The lowest BCUT2D eigenvalue weighted by molar-refractivity contribution is 0.392. The zero-order chi connectivity index (χ0) is 7.61. The summed E-state index contributed by atoms with van der Waals surface area (Å²) in [5, 5.41) is 0.648. The maximum atomic E-state index is 9.18. The van der Waals surface area contributed by atoms with Crippen molar-refractivity contribution in [2.24, 2.45) is 0 Å². The highest BCUT2D eigenvalue weighted by Gasteiger charge is 2.23. The Bertz CT molecular complexity index is 204. The van der Waals surface area contributed by atoms with E-state index in [2.05, 4.69) is 0 Å². The minimum atomic E-state index is -3.03. The molecule has 0 unspecified atom stereocenters. The summed E-state index contributed by atoms with van der Waals surface area (Å²) in [6, 6.07) is 8.90. The molecular weight excluding hydrogens is 168 g/mol. The lowest BCUT2D eigenvalue weighted by Gasteiger charge is -2.10. The lowest BCUT2D eigenvalue weighted by Crippen LogP contribution is -2.44. The standard InChI is InChI=1S/C7H10O2Si.2CH4/c1-10(8,9)7-5-3-2-4-6-7;;/h2-6,8-9H,1H3;2*1H4. The molecule has 1 rings (SSSR count). The first-order valence-electron chi connectivity index (χ1n) is 3.11. The minimum absolute atomic E-state index is 0. The molecule has 0 aliphatic carbocycles. The Morgan fingerprint density at radius 2 is 1.42 bits per heavy atom. The van der Waals surface area contributed by atoms with E-state index in [9.17, 15) is 9.59 Å². The van der Waals surface area contributed by atoms with Crippen molar-refractivity contribution in [1.82, 2.24) is 0 Å². The summed E-state index contributed by atoms with van der Waals surface area (Å²) in [6.07, 6.45) is 0. The van der Waals surface area contributed by atoms with Gasteiger partial charge in [-0.25, -0.2) is 0 Å². The molecule has 2 N–H and O–H groups in total. The monoisotopic (exact) mass is 186 g/mol. The second kappa shape index (κ2) is 5.08. The lowest BCUT2D eigenvalue weighted by atomic mass is 10.4. The summed E-state index contributed by atoms with van der Waals surface area (Å²) in [5.41, 5.74) is 0. The van der Waals surface area contributed by atoms with Crippen LogP contribution in [0.1, 0.15) is 14.9 Å². The van der Waals surface area contributed by atoms with Gasteiger partial charge in [0.25, 0.3) is 0 Å². The first-order valence-corrected chi connectivity index (χ1v) is 5.50. The Morgan fingerprint density at radius 1 is 1.00 bits per heavy atom. The number of benzene rings is 1. The molecule has 0 aromatic heterocycles.